The molecule has 0 heterocycles. The van der Waals surface area contributed by atoms with Crippen LogP contribution in [0, 0.1) is 5.92 Å². The molecule has 5 aromatic rings. The molecule has 1 nitrogen and oxygen atoms in total. The van der Waals surface area contributed by atoms with Crippen molar-refractivity contribution < 1.29 is 0 Å². The van der Waals surface area contributed by atoms with Crippen molar-refractivity contribution in [1.29, 1.82) is 0 Å². The third-order valence-corrected chi connectivity index (χ3v) is 19.8. The van der Waals surface area contributed by atoms with E-state index in [1.807, 2.05) is 6.08 Å². The molecule has 1 heteroatoms. The Morgan fingerprint density at radius 1 is 0.481 bits per heavy atom. The molecule has 4 atom stereocenters. The van der Waals surface area contributed by atoms with Crippen LogP contribution in [0.2, 0.25) is 0 Å². The van der Waals surface area contributed by atoms with Gasteiger partial charge in [-0.15, -0.1) is 0 Å². The number of benzene rings is 5. The third-order valence-electron chi connectivity index (χ3n) is 19.8. The van der Waals surface area contributed by atoms with E-state index in [1.54, 1.807) is 22.3 Å². The van der Waals surface area contributed by atoms with Gasteiger partial charge in [0, 0.05) is 22.5 Å². The minimum atomic E-state index is -0.0857. The van der Waals surface area contributed by atoms with Gasteiger partial charge in [-0.25, -0.2) is 0 Å². The number of nitrogens with zero attached hydrogens (tertiary/aromatic N) is 1. The average molecular weight is 1040 g/mol. The van der Waals surface area contributed by atoms with Crippen LogP contribution in [0.15, 0.2) is 116 Å². The summed E-state index contributed by atoms with van der Waals surface area (Å²) in [6.45, 7) is 33.5. The van der Waals surface area contributed by atoms with Crippen LogP contribution in [-0.2, 0) is 21.7 Å². The van der Waals surface area contributed by atoms with Gasteiger partial charge in [0.05, 0.1) is 0 Å². The van der Waals surface area contributed by atoms with Gasteiger partial charge in [0.25, 0.3) is 0 Å². The summed E-state index contributed by atoms with van der Waals surface area (Å²) in [7, 11) is 0. The van der Waals surface area contributed by atoms with Crippen molar-refractivity contribution in [2.75, 3.05) is 4.90 Å². The molecular formula is C76H111N. The summed E-state index contributed by atoms with van der Waals surface area (Å²) >= 11 is 0. The van der Waals surface area contributed by atoms with Crippen LogP contribution in [0.1, 0.15) is 295 Å². The maximum atomic E-state index is 4.15. The summed E-state index contributed by atoms with van der Waals surface area (Å²) < 4.78 is 0. The van der Waals surface area contributed by atoms with E-state index in [2.05, 4.69) is 204 Å². The van der Waals surface area contributed by atoms with Crippen LogP contribution < -0.4 is 4.90 Å². The van der Waals surface area contributed by atoms with Gasteiger partial charge in [-0.1, -0.05) is 284 Å². The molecule has 0 fully saturated rings. The highest BCUT2D eigenvalue weighted by Crippen LogP contribution is 2.58. The molecule has 77 heavy (non-hydrogen) atoms. The van der Waals surface area contributed by atoms with E-state index in [0.717, 1.165) is 17.7 Å². The van der Waals surface area contributed by atoms with Crippen LogP contribution in [0.4, 0.5) is 17.1 Å². The average Bonchev–Trinajstić information content (AvgIpc) is 4.00. The van der Waals surface area contributed by atoms with E-state index in [4.69, 9.17) is 0 Å². The Morgan fingerprint density at radius 2 is 0.987 bits per heavy atom. The summed E-state index contributed by atoms with van der Waals surface area (Å²) in [5.74, 6) is 1.01. The quantitative estimate of drug-likeness (QED) is 0.0361. The molecule has 0 aliphatic heterocycles. The van der Waals surface area contributed by atoms with Gasteiger partial charge in [-0.05, 0) is 166 Å². The largest absolute Gasteiger partial charge is 0.310 e. The number of fused-ring (bicyclic) bond motifs is 3. The monoisotopic (exact) mass is 1040 g/mol. The van der Waals surface area contributed by atoms with Crippen LogP contribution in [0.25, 0.3) is 17.2 Å². The molecule has 420 valence electrons. The van der Waals surface area contributed by atoms with Gasteiger partial charge >= 0.3 is 0 Å². The Hall–Kier alpha value is -4.36. The fourth-order valence-corrected chi connectivity index (χ4v) is 14.8. The second-order valence-corrected chi connectivity index (χ2v) is 25.3. The Balaban J connectivity index is 1.48. The van der Waals surface area contributed by atoms with Crippen LogP contribution in [0.3, 0.4) is 0 Å². The van der Waals surface area contributed by atoms with E-state index in [9.17, 15) is 0 Å². The normalized spacial score (nSPS) is 15.3. The minimum Gasteiger partial charge on any atom is -0.310 e. The maximum absolute atomic E-state index is 4.15. The molecule has 0 aromatic heterocycles. The standard InChI is InChI=1S/C76H111N/c1-14-23-27-29-31-33-54-76(55-34-32-30-28-24-15-2)70-57-63(74(13,21-8)52-18-5)44-50-68(70)69-51-45-64(58-71(69)76)75(22-9,53-19-6)72(39-26-17-4)73(11,12)62-42-48-66(49-43-62)77(67-38-35-37-60(20-7)56-67)65-46-40-61(41-47-65)59(10)36-25-16-3/h20,35,37-38,40-51,56-59,72H,7,14-19,21-34,36,39,52-55H2,1-6,8-13H3. The molecule has 0 saturated carbocycles. The van der Waals surface area contributed by atoms with E-state index in [1.165, 1.54) is 194 Å². The van der Waals surface area contributed by atoms with Crippen LogP contribution >= 0.6 is 0 Å². The number of rotatable bonds is 36. The first-order valence-corrected chi connectivity index (χ1v) is 32.3. The lowest BCUT2D eigenvalue weighted by Gasteiger charge is -2.50. The van der Waals surface area contributed by atoms with Crippen molar-refractivity contribution in [3.05, 3.63) is 155 Å². The maximum Gasteiger partial charge on any atom is 0.0467 e. The zero-order chi connectivity index (χ0) is 55.5. The zero-order valence-electron chi connectivity index (χ0n) is 51.7. The van der Waals surface area contributed by atoms with Crippen molar-refractivity contribution in [1.82, 2.24) is 0 Å². The highest BCUT2D eigenvalue weighted by molar-refractivity contribution is 5.82. The number of unbranched alkanes of at least 4 members (excludes halogenated alkanes) is 12. The number of anilines is 3. The molecule has 6 rings (SSSR count). The second-order valence-electron chi connectivity index (χ2n) is 25.3. The summed E-state index contributed by atoms with van der Waals surface area (Å²) in [6, 6.07) is 44.2. The van der Waals surface area contributed by atoms with Crippen LogP contribution in [-0.4, -0.2) is 0 Å². The summed E-state index contributed by atoms with van der Waals surface area (Å²) in [4.78, 5) is 2.45. The van der Waals surface area contributed by atoms with E-state index in [0.29, 0.717) is 11.8 Å². The number of hydrogen-bond acceptors (Lipinski definition) is 1. The molecule has 0 spiro atoms. The summed E-state index contributed by atoms with van der Waals surface area (Å²) in [5, 5.41) is 0. The lowest BCUT2D eigenvalue weighted by atomic mass is 9.54. The molecule has 0 radical (unpaired) electrons. The topological polar surface area (TPSA) is 3.24 Å². The van der Waals surface area contributed by atoms with Gasteiger partial charge in [-0.2, -0.15) is 0 Å². The molecule has 0 N–H and O–H groups in total. The van der Waals surface area contributed by atoms with Crippen LogP contribution in [0.5, 0.6) is 0 Å². The highest BCUT2D eigenvalue weighted by Gasteiger charge is 2.49. The lowest BCUT2D eigenvalue weighted by Crippen LogP contribution is -2.45. The Kier molecular flexibility index (Phi) is 23.9. The van der Waals surface area contributed by atoms with Crippen molar-refractivity contribution >= 4 is 23.1 Å². The van der Waals surface area contributed by atoms with Gasteiger partial charge in [0.2, 0.25) is 0 Å². The van der Waals surface area contributed by atoms with Gasteiger partial charge in [0.15, 0.2) is 0 Å². The van der Waals surface area contributed by atoms with Gasteiger partial charge < -0.3 is 4.90 Å². The van der Waals surface area contributed by atoms with Gasteiger partial charge in [0.1, 0.15) is 0 Å². The number of hydrogen-bond donors (Lipinski definition) is 0. The predicted octanol–water partition coefficient (Wildman–Crippen LogP) is 24.6. The fraction of sp³-hybridized carbons (Fsp3) is 0.579. The van der Waals surface area contributed by atoms with E-state index >= 15 is 0 Å². The minimum absolute atomic E-state index is 0.0161. The molecule has 5 aromatic carbocycles. The zero-order valence-corrected chi connectivity index (χ0v) is 51.7. The van der Waals surface area contributed by atoms with Crippen molar-refractivity contribution in [2.45, 2.75) is 278 Å². The van der Waals surface area contributed by atoms with E-state index < -0.39 is 0 Å². The first-order valence-electron chi connectivity index (χ1n) is 32.3. The Labute approximate surface area is 475 Å². The third kappa shape index (κ3) is 14.3. The first-order chi connectivity index (χ1) is 37.3. The lowest BCUT2D eigenvalue weighted by molar-refractivity contribution is 0.136. The van der Waals surface area contributed by atoms with Crippen molar-refractivity contribution in [3.8, 4) is 11.1 Å². The highest BCUT2D eigenvalue weighted by atomic mass is 15.1. The molecule has 0 amide bonds. The van der Waals surface area contributed by atoms with Crippen molar-refractivity contribution in [3.63, 3.8) is 0 Å². The smallest absolute Gasteiger partial charge is 0.0467 e. The predicted molar refractivity (Wildman–Crippen MR) is 343 cm³/mol. The molecule has 0 bridgehead atoms. The molecule has 1 aliphatic rings. The summed E-state index contributed by atoms with van der Waals surface area (Å²) in [6.07, 6.45) is 35.2. The molecular weight excluding hydrogens is 927 g/mol. The Morgan fingerprint density at radius 3 is 1.52 bits per heavy atom. The van der Waals surface area contributed by atoms with Gasteiger partial charge in [-0.3, -0.25) is 0 Å². The second kappa shape index (κ2) is 29.7. The molecule has 4 unspecified atom stereocenters. The first kappa shape index (κ1) is 61.8. The van der Waals surface area contributed by atoms with E-state index in [-0.39, 0.29) is 21.7 Å². The molecule has 1 aliphatic carbocycles. The summed E-state index contributed by atoms with van der Waals surface area (Å²) in [5.41, 5.74) is 17.3. The molecule has 0 saturated heterocycles. The fourth-order valence-electron chi connectivity index (χ4n) is 14.8. The SMILES string of the molecule is C=Cc1cccc(N(c2ccc(C(C)CCCC)cc2)c2ccc(C(C)(C)C(CCCC)C(CC)(CCC)c3ccc4c(c3)C(CCCCCCCC)(CCCCCCCC)c3cc(C(C)(CC)CCC)ccc3-4)cc2)c1. The van der Waals surface area contributed by atoms with Crippen molar-refractivity contribution in [2.24, 2.45) is 5.92 Å². The Bertz CT molecular complexity index is 2500.